The maximum absolute atomic E-state index is 14.9. The van der Waals surface area contributed by atoms with Gasteiger partial charge in [-0.15, -0.1) is 0 Å². The van der Waals surface area contributed by atoms with E-state index in [-0.39, 0.29) is 21.0 Å². The van der Waals surface area contributed by atoms with Gasteiger partial charge in [-0.05, 0) is 67.1 Å². The number of carboxylic acid groups (broad SMARTS) is 1. The molecular formula is C25H20FN3O4S. The molecule has 1 unspecified atom stereocenters. The van der Waals surface area contributed by atoms with Gasteiger partial charge in [0.2, 0.25) is 9.84 Å². The molecule has 9 heteroatoms. The van der Waals surface area contributed by atoms with Crippen LogP contribution in [0.3, 0.4) is 0 Å². The van der Waals surface area contributed by atoms with Crippen LogP contribution < -0.4 is 15.5 Å². The van der Waals surface area contributed by atoms with Gasteiger partial charge in [-0.2, -0.15) is 5.26 Å². The van der Waals surface area contributed by atoms with Crippen molar-refractivity contribution in [3.63, 3.8) is 0 Å². The van der Waals surface area contributed by atoms with E-state index in [1.165, 1.54) is 18.2 Å². The Labute approximate surface area is 195 Å². The molecule has 4 rings (SSSR count). The quantitative estimate of drug-likeness (QED) is 0.584. The average Bonchev–Trinajstić information content (AvgIpc) is 3.12. The Morgan fingerprint density at radius 1 is 1.15 bits per heavy atom. The van der Waals surface area contributed by atoms with Gasteiger partial charge in [-0.3, -0.25) is 9.79 Å². The van der Waals surface area contributed by atoms with E-state index in [2.05, 4.69) is 11.1 Å². The summed E-state index contributed by atoms with van der Waals surface area (Å²) in [6, 6.07) is 16.8. The summed E-state index contributed by atoms with van der Waals surface area (Å²) in [6.07, 6.45) is -0.435. The predicted octanol–water partition coefficient (Wildman–Crippen LogP) is 2.95. The summed E-state index contributed by atoms with van der Waals surface area (Å²) in [6.45, 7) is 1.65. The van der Waals surface area contributed by atoms with Gasteiger partial charge < -0.3 is 10.0 Å². The molecule has 3 aromatic carbocycles. The Morgan fingerprint density at radius 3 is 2.50 bits per heavy atom. The van der Waals surface area contributed by atoms with Gasteiger partial charge in [0.25, 0.3) is 0 Å². The molecule has 3 aromatic rings. The van der Waals surface area contributed by atoms with E-state index in [4.69, 9.17) is 5.26 Å². The fourth-order valence-electron chi connectivity index (χ4n) is 4.02. The SMILES string of the molecule is CC1N=c2ccc(F)c(S(=O)(=O)c3ccc(N(C)c4cccc(C#N)c4)cc3)c2=C1CC(=O)O. The maximum Gasteiger partial charge on any atom is 0.307 e. The van der Waals surface area contributed by atoms with Crippen molar-refractivity contribution in [2.24, 2.45) is 4.99 Å². The van der Waals surface area contributed by atoms with Crippen LogP contribution in [-0.2, 0) is 14.6 Å². The zero-order valence-corrected chi connectivity index (χ0v) is 19.2. The number of halogens is 1. The highest BCUT2D eigenvalue weighted by Crippen LogP contribution is 2.28. The molecule has 0 bridgehead atoms. The molecule has 1 N–H and O–H groups in total. The molecule has 0 spiro atoms. The number of nitrogens with zero attached hydrogens (tertiary/aromatic N) is 3. The van der Waals surface area contributed by atoms with E-state index in [0.717, 1.165) is 11.8 Å². The van der Waals surface area contributed by atoms with Gasteiger partial charge in [0.05, 0.1) is 34.3 Å². The summed E-state index contributed by atoms with van der Waals surface area (Å²) in [7, 11) is -2.54. The molecule has 0 aliphatic carbocycles. The largest absolute Gasteiger partial charge is 0.481 e. The number of fused-ring (bicyclic) bond motifs is 1. The van der Waals surface area contributed by atoms with Crippen molar-refractivity contribution in [3.05, 3.63) is 82.6 Å². The van der Waals surface area contributed by atoms with Crippen molar-refractivity contribution in [2.75, 3.05) is 11.9 Å². The van der Waals surface area contributed by atoms with Crippen LogP contribution in [0.2, 0.25) is 0 Å². The van der Waals surface area contributed by atoms with Gasteiger partial charge in [0.15, 0.2) is 0 Å². The Balaban J connectivity index is 1.80. The standard InChI is InChI=1S/C25H20FN3O4S/c1-15-20(13-23(30)31)24-22(28-15)11-10-21(26)25(24)34(32,33)19-8-6-17(7-9-19)29(2)18-5-3-4-16(12-18)14-27/h3-12,15H,13H2,1-2H3,(H,30,31). The summed E-state index contributed by atoms with van der Waals surface area (Å²) in [5, 5.41) is 18.7. The maximum atomic E-state index is 14.9. The van der Waals surface area contributed by atoms with Gasteiger partial charge in [-0.1, -0.05) is 6.07 Å². The van der Waals surface area contributed by atoms with Crippen LogP contribution in [0.25, 0.3) is 5.57 Å². The molecule has 34 heavy (non-hydrogen) atoms. The third-order valence-corrected chi connectivity index (χ3v) is 7.58. The summed E-state index contributed by atoms with van der Waals surface area (Å²) in [5.41, 5.74) is 2.15. The number of hydrogen-bond acceptors (Lipinski definition) is 6. The summed E-state index contributed by atoms with van der Waals surface area (Å²) in [5.74, 6) is -2.11. The Morgan fingerprint density at radius 2 is 1.85 bits per heavy atom. The molecule has 7 nitrogen and oxygen atoms in total. The van der Waals surface area contributed by atoms with Crippen molar-refractivity contribution >= 4 is 32.8 Å². The topological polar surface area (TPSA) is 111 Å². The highest BCUT2D eigenvalue weighted by Gasteiger charge is 2.29. The van der Waals surface area contributed by atoms with E-state index in [1.54, 1.807) is 49.2 Å². The van der Waals surface area contributed by atoms with E-state index < -0.39 is 39.0 Å². The summed E-state index contributed by atoms with van der Waals surface area (Å²) >= 11 is 0. The zero-order chi connectivity index (χ0) is 24.6. The van der Waals surface area contributed by atoms with E-state index >= 15 is 0 Å². The second-order valence-electron chi connectivity index (χ2n) is 7.89. The van der Waals surface area contributed by atoms with Crippen molar-refractivity contribution in [2.45, 2.75) is 29.2 Å². The van der Waals surface area contributed by atoms with E-state index in [0.29, 0.717) is 11.3 Å². The third kappa shape index (κ3) is 4.04. The number of hydrogen-bond donors (Lipinski definition) is 1. The number of anilines is 2. The van der Waals surface area contributed by atoms with Gasteiger partial charge in [-0.25, -0.2) is 12.8 Å². The first kappa shape index (κ1) is 23.1. The molecule has 1 heterocycles. The summed E-state index contributed by atoms with van der Waals surface area (Å²) in [4.78, 5) is 16.8. The Kier molecular flexibility index (Phi) is 5.94. The average molecular weight is 478 g/mol. The number of sulfone groups is 1. The molecule has 0 saturated carbocycles. The van der Waals surface area contributed by atoms with Crippen LogP contribution in [0.1, 0.15) is 18.9 Å². The highest BCUT2D eigenvalue weighted by molar-refractivity contribution is 7.91. The van der Waals surface area contributed by atoms with Gasteiger partial charge in [0, 0.05) is 23.6 Å². The normalized spacial score (nSPS) is 14.8. The van der Waals surface area contributed by atoms with Crippen LogP contribution in [-0.4, -0.2) is 32.6 Å². The zero-order valence-electron chi connectivity index (χ0n) is 18.4. The number of aliphatic carboxylic acids is 1. The van der Waals surface area contributed by atoms with Crippen LogP contribution in [0.5, 0.6) is 0 Å². The van der Waals surface area contributed by atoms with Gasteiger partial charge >= 0.3 is 5.97 Å². The molecule has 1 atom stereocenters. The number of benzene rings is 3. The molecule has 1 aliphatic rings. The molecule has 0 radical (unpaired) electrons. The van der Waals surface area contributed by atoms with Crippen LogP contribution in [0.4, 0.5) is 15.8 Å². The van der Waals surface area contributed by atoms with Crippen molar-refractivity contribution in [1.82, 2.24) is 0 Å². The number of rotatable bonds is 6. The van der Waals surface area contributed by atoms with Crippen LogP contribution >= 0.6 is 0 Å². The van der Waals surface area contributed by atoms with Crippen LogP contribution in [0.15, 0.2) is 75.4 Å². The Bertz CT molecular complexity index is 1580. The first-order valence-corrected chi connectivity index (χ1v) is 11.8. The molecule has 0 fully saturated rings. The molecule has 0 aromatic heterocycles. The minimum atomic E-state index is -4.32. The first-order chi connectivity index (χ1) is 16.1. The number of nitriles is 1. The second kappa shape index (κ2) is 8.72. The highest BCUT2D eigenvalue weighted by atomic mass is 32.2. The molecule has 0 amide bonds. The van der Waals surface area contributed by atoms with Gasteiger partial charge in [0.1, 0.15) is 10.7 Å². The fourth-order valence-corrected chi connectivity index (χ4v) is 5.58. The minimum absolute atomic E-state index is 0.0319. The lowest BCUT2D eigenvalue weighted by molar-refractivity contribution is -0.135. The molecular weight excluding hydrogens is 457 g/mol. The van der Waals surface area contributed by atoms with Crippen molar-refractivity contribution < 1.29 is 22.7 Å². The summed E-state index contributed by atoms with van der Waals surface area (Å²) < 4.78 is 41.9. The van der Waals surface area contributed by atoms with Crippen molar-refractivity contribution in [3.8, 4) is 6.07 Å². The smallest absolute Gasteiger partial charge is 0.307 e. The third-order valence-electron chi connectivity index (χ3n) is 5.75. The number of carbonyl (C=O) groups is 1. The second-order valence-corrected chi connectivity index (χ2v) is 9.78. The van der Waals surface area contributed by atoms with E-state index in [9.17, 15) is 22.7 Å². The first-order valence-electron chi connectivity index (χ1n) is 10.3. The van der Waals surface area contributed by atoms with Crippen LogP contribution in [0, 0.1) is 17.1 Å². The predicted molar refractivity (Wildman–Crippen MR) is 123 cm³/mol. The minimum Gasteiger partial charge on any atom is -0.481 e. The number of carboxylic acids is 1. The lowest BCUT2D eigenvalue weighted by Gasteiger charge is -2.20. The molecule has 1 aliphatic heterocycles. The molecule has 0 saturated heterocycles. The van der Waals surface area contributed by atoms with E-state index in [1.807, 2.05) is 6.07 Å². The lowest BCUT2D eigenvalue weighted by Crippen LogP contribution is -2.32. The Hall–Kier alpha value is -4.03. The molecule has 172 valence electrons. The lowest BCUT2D eigenvalue weighted by atomic mass is 10.0. The fraction of sp³-hybridized carbons (Fsp3) is 0.160. The monoisotopic (exact) mass is 477 g/mol. The van der Waals surface area contributed by atoms with Crippen molar-refractivity contribution in [1.29, 1.82) is 5.26 Å².